The largest absolute Gasteiger partial charge is 0.494 e. The van der Waals surface area contributed by atoms with Gasteiger partial charge in [-0.15, -0.1) is 0 Å². The highest BCUT2D eigenvalue weighted by molar-refractivity contribution is 7.70. The molecule has 3 N–H and O–H groups in total. The lowest BCUT2D eigenvalue weighted by Gasteiger charge is -2.30. The number of anilines is 5. The molecule has 8 nitrogen and oxygen atoms in total. The van der Waals surface area contributed by atoms with Crippen LogP contribution in [0.4, 0.5) is 28.8 Å². The van der Waals surface area contributed by atoms with Crippen molar-refractivity contribution in [2.75, 3.05) is 62.2 Å². The zero-order valence-corrected chi connectivity index (χ0v) is 20.6. The van der Waals surface area contributed by atoms with Gasteiger partial charge in [0.25, 0.3) is 0 Å². The lowest BCUT2D eigenvalue weighted by molar-refractivity contribution is 0.416. The third-order valence-corrected chi connectivity index (χ3v) is 7.22. The van der Waals surface area contributed by atoms with Crippen molar-refractivity contribution in [3.63, 3.8) is 0 Å². The molecule has 0 bridgehead atoms. The van der Waals surface area contributed by atoms with Gasteiger partial charge >= 0.3 is 0 Å². The number of methoxy groups -OCH3 is 1. The van der Waals surface area contributed by atoms with E-state index >= 15 is 0 Å². The Balaban J connectivity index is 1.58. The van der Waals surface area contributed by atoms with Gasteiger partial charge in [-0.05, 0) is 37.6 Å². The molecule has 1 aliphatic heterocycles. The number of hydrogen-bond acceptors (Lipinski definition) is 8. The third-order valence-electron chi connectivity index (χ3n) is 5.40. The smallest absolute Gasteiger partial charge is 0.229 e. The molecule has 1 aliphatic rings. The average molecular weight is 487 g/mol. The highest BCUT2D eigenvalue weighted by Gasteiger charge is 2.18. The van der Waals surface area contributed by atoms with Crippen LogP contribution in [0.3, 0.4) is 0 Å². The molecule has 10 heteroatoms. The van der Waals surface area contributed by atoms with Crippen molar-refractivity contribution in [1.29, 1.82) is 0 Å². The van der Waals surface area contributed by atoms with E-state index in [0.717, 1.165) is 42.9 Å². The molecule has 0 aliphatic carbocycles. The van der Waals surface area contributed by atoms with Crippen LogP contribution in [0.5, 0.6) is 5.75 Å². The minimum atomic E-state index is -2.49. The molecule has 0 unspecified atom stereocenters. The first-order valence-corrected chi connectivity index (χ1v) is 13.7. The summed E-state index contributed by atoms with van der Waals surface area (Å²) in [4.78, 5) is 11.2. The molecule has 0 saturated carbocycles. The van der Waals surface area contributed by atoms with E-state index in [2.05, 4.69) is 36.9 Å². The summed E-state index contributed by atoms with van der Waals surface area (Å²) in [6.07, 6.45) is 1.53. The molecule has 1 fully saturated rings. The molecule has 1 aromatic heterocycles. The van der Waals surface area contributed by atoms with E-state index in [4.69, 9.17) is 16.3 Å². The fourth-order valence-corrected chi connectivity index (χ4v) is 5.01. The minimum Gasteiger partial charge on any atom is -0.494 e. The molecular weight excluding hydrogens is 459 g/mol. The molecular formula is C23H28ClN6O2P. The Morgan fingerprint density at radius 3 is 2.58 bits per heavy atom. The van der Waals surface area contributed by atoms with E-state index in [1.54, 1.807) is 20.4 Å². The van der Waals surface area contributed by atoms with Crippen LogP contribution in [0.1, 0.15) is 0 Å². The van der Waals surface area contributed by atoms with Gasteiger partial charge in [0, 0.05) is 43.2 Å². The first-order chi connectivity index (χ1) is 15.8. The summed E-state index contributed by atoms with van der Waals surface area (Å²) in [7, 11) is -0.850. The van der Waals surface area contributed by atoms with Crippen LogP contribution in [-0.2, 0) is 4.57 Å². The van der Waals surface area contributed by atoms with Crippen LogP contribution in [-0.4, -0.2) is 56.6 Å². The maximum absolute atomic E-state index is 12.7. The average Bonchev–Trinajstić information content (AvgIpc) is 2.81. The fourth-order valence-electron chi connectivity index (χ4n) is 3.71. The number of halogens is 1. The Kier molecular flexibility index (Phi) is 7.08. The van der Waals surface area contributed by atoms with Crippen molar-refractivity contribution in [2.45, 2.75) is 0 Å². The highest BCUT2D eigenvalue weighted by atomic mass is 35.5. The topological polar surface area (TPSA) is 91.4 Å². The Bertz CT molecular complexity index is 1180. The van der Waals surface area contributed by atoms with Crippen LogP contribution in [0, 0.1) is 0 Å². The van der Waals surface area contributed by atoms with Crippen molar-refractivity contribution < 1.29 is 9.30 Å². The Morgan fingerprint density at radius 1 is 1.09 bits per heavy atom. The van der Waals surface area contributed by atoms with Gasteiger partial charge in [-0.2, -0.15) is 4.98 Å². The fraction of sp³-hybridized carbons (Fsp3) is 0.304. The second-order valence-corrected chi connectivity index (χ2v) is 11.7. The molecule has 33 heavy (non-hydrogen) atoms. The maximum Gasteiger partial charge on any atom is 0.229 e. The van der Waals surface area contributed by atoms with Crippen LogP contribution in [0.2, 0.25) is 5.02 Å². The van der Waals surface area contributed by atoms with Gasteiger partial charge in [-0.3, -0.25) is 0 Å². The monoisotopic (exact) mass is 486 g/mol. The minimum absolute atomic E-state index is 0.360. The SMILES string of the molecule is COc1cc(N2CCNCC2)ccc1Nc1ncc(Cl)c(Nc2ccccc2P(C)(C)=O)n1. The molecule has 0 radical (unpaired) electrons. The summed E-state index contributed by atoms with van der Waals surface area (Å²) < 4.78 is 18.3. The van der Waals surface area contributed by atoms with E-state index < -0.39 is 7.14 Å². The number of piperazine rings is 1. The lowest BCUT2D eigenvalue weighted by Crippen LogP contribution is -2.43. The second-order valence-electron chi connectivity index (χ2n) is 8.13. The lowest BCUT2D eigenvalue weighted by atomic mass is 10.2. The first-order valence-electron chi connectivity index (χ1n) is 10.7. The van der Waals surface area contributed by atoms with Gasteiger partial charge in [0.05, 0.1) is 24.7 Å². The molecule has 1 saturated heterocycles. The summed E-state index contributed by atoms with van der Waals surface area (Å²) in [6, 6.07) is 13.5. The maximum atomic E-state index is 12.7. The number of para-hydroxylation sites is 1. The number of ether oxygens (including phenoxy) is 1. The number of aromatic nitrogens is 2. The van der Waals surface area contributed by atoms with Crippen molar-refractivity contribution in [1.82, 2.24) is 15.3 Å². The van der Waals surface area contributed by atoms with Crippen LogP contribution >= 0.6 is 18.7 Å². The van der Waals surface area contributed by atoms with Crippen LogP contribution in [0.25, 0.3) is 0 Å². The van der Waals surface area contributed by atoms with E-state index in [1.807, 2.05) is 36.4 Å². The number of nitrogens with one attached hydrogen (secondary N) is 3. The predicted octanol–water partition coefficient (Wildman–Crippen LogP) is 4.28. The van der Waals surface area contributed by atoms with Crippen LogP contribution < -0.4 is 30.9 Å². The van der Waals surface area contributed by atoms with Crippen molar-refractivity contribution >= 4 is 52.9 Å². The molecule has 0 spiro atoms. The summed E-state index contributed by atoms with van der Waals surface area (Å²) in [5.74, 6) is 1.48. The van der Waals surface area contributed by atoms with E-state index in [0.29, 0.717) is 28.2 Å². The second kappa shape index (κ2) is 10.00. The van der Waals surface area contributed by atoms with Gasteiger partial charge in [0.1, 0.15) is 17.9 Å². The molecule has 2 aromatic carbocycles. The number of nitrogens with zero attached hydrogens (tertiary/aromatic N) is 3. The summed E-state index contributed by atoms with van der Waals surface area (Å²) in [6.45, 7) is 7.30. The Labute approximate surface area is 199 Å². The number of benzene rings is 2. The number of rotatable bonds is 7. The molecule has 0 amide bonds. The molecule has 2 heterocycles. The molecule has 3 aromatic rings. The summed E-state index contributed by atoms with van der Waals surface area (Å²) in [5.41, 5.74) is 2.56. The molecule has 4 rings (SSSR count). The highest BCUT2D eigenvalue weighted by Crippen LogP contribution is 2.39. The zero-order chi connectivity index (χ0) is 23.4. The van der Waals surface area contributed by atoms with E-state index in [-0.39, 0.29) is 0 Å². The summed E-state index contributed by atoms with van der Waals surface area (Å²) in [5, 5.41) is 10.9. The van der Waals surface area contributed by atoms with E-state index in [9.17, 15) is 4.57 Å². The quantitative estimate of drug-likeness (QED) is 0.426. The number of hydrogen-bond donors (Lipinski definition) is 3. The Morgan fingerprint density at radius 2 is 1.85 bits per heavy atom. The standard InChI is InChI=1S/C23H28ClN6O2P/c1-32-20-14-16(30-12-10-25-11-13-30)8-9-18(20)28-23-26-15-17(24)22(29-23)27-19-6-4-5-7-21(19)33(2,3)31/h4-9,14-15,25H,10-13H2,1-3H3,(H2,26,27,28,29). The molecule has 0 atom stereocenters. The zero-order valence-electron chi connectivity index (χ0n) is 18.9. The van der Waals surface area contributed by atoms with E-state index in [1.165, 1.54) is 6.20 Å². The van der Waals surface area contributed by atoms with Crippen molar-refractivity contribution in [2.24, 2.45) is 0 Å². The third kappa shape index (κ3) is 5.58. The van der Waals surface area contributed by atoms with Crippen molar-refractivity contribution in [3.05, 3.63) is 53.7 Å². The van der Waals surface area contributed by atoms with Gasteiger partial charge in [0.2, 0.25) is 5.95 Å². The normalized spacial score (nSPS) is 14.1. The molecule has 174 valence electrons. The Hall–Kier alpha value is -2.80. The van der Waals surface area contributed by atoms with Gasteiger partial charge in [-0.1, -0.05) is 23.7 Å². The van der Waals surface area contributed by atoms with Gasteiger partial charge in [0.15, 0.2) is 5.82 Å². The van der Waals surface area contributed by atoms with Gasteiger partial charge < -0.3 is 30.2 Å². The first kappa shape index (κ1) is 23.4. The van der Waals surface area contributed by atoms with Crippen molar-refractivity contribution in [3.8, 4) is 5.75 Å². The van der Waals surface area contributed by atoms with Crippen LogP contribution in [0.15, 0.2) is 48.7 Å². The summed E-state index contributed by atoms with van der Waals surface area (Å²) >= 11 is 6.36. The predicted molar refractivity (Wildman–Crippen MR) is 137 cm³/mol. The van der Waals surface area contributed by atoms with Gasteiger partial charge in [-0.25, -0.2) is 4.98 Å².